The second-order valence-corrected chi connectivity index (χ2v) is 5.73. The highest BCUT2D eigenvalue weighted by molar-refractivity contribution is 5.85. The molecule has 0 fully saturated rings. The monoisotopic (exact) mass is 372 g/mol. The molecule has 0 heterocycles. The summed E-state index contributed by atoms with van der Waals surface area (Å²) < 4.78 is 16.1. The van der Waals surface area contributed by atoms with Gasteiger partial charge in [0.25, 0.3) is 11.8 Å². The summed E-state index contributed by atoms with van der Waals surface area (Å²) in [5.41, 5.74) is 5.79. The number of carbonyl (C=O) groups is 2. The van der Waals surface area contributed by atoms with Gasteiger partial charge in [0.1, 0.15) is 5.75 Å². The zero-order valence-electron chi connectivity index (χ0n) is 15.7. The zero-order chi connectivity index (χ0) is 19.6. The lowest BCUT2D eigenvalue weighted by atomic mass is 10.2. The van der Waals surface area contributed by atoms with Gasteiger partial charge < -0.3 is 14.2 Å². The summed E-state index contributed by atoms with van der Waals surface area (Å²) in [5.74, 6) is 0.562. The van der Waals surface area contributed by atoms with Crippen LogP contribution in [0.3, 0.4) is 0 Å². The molecule has 0 spiro atoms. The van der Waals surface area contributed by atoms with Crippen molar-refractivity contribution in [3.63, 3.8) is 0 Å². The van der Waals surface area contributed by atoms with Gasteiger partial charge in [-0.05, 0) is 43.2 Å². The van der Waals surface area contributed by atoms with Crippen LogP contribution in [-0.2, 0) is 16.0 Å². The lowest BCUT2D eigenvalue weighted by molar-refractivity contribution is -0.133. The van der Waals surface area contributed by atoms with Crippen LogP contribution in [0.2, 0.25) is 0 Å². The third-order valence-electron chi connectivity index (χ3n) is 3.77. The van der Waals surface area contributed by atoms with E-state index in [1.807, 2.05) is 12.1 Å². The van der Waals surface area contributed by atoms with Crippen LogP contribution in [-0.4, -0.2) is 31.6 Å². The molecule has 0 aliphatic carbocycles. The average molecular weight is 372 g/mol. The molecule has 2 amide bonds. The number of aryl methyl sites for hydroxylation is 1. The quantitative estimate of drug-likeness (QED) is 0.694. The third kappa shape index (κ3) is 6.22. The molecule has 27 heavy (non-hydrogen) atoms. The Bertz CT molecular complexity index is 761. The van der Waals surface area contributed by atoms with Gasteiger partial charge in [0.2, 0.25) is 0 Å². The molecule has 0 saturated heterocycles. The standard InChI is InChI=1S/C20H24N2O5/c1-4-15-9-11-16(12-10-15)26-13-19(23)21-22-20(24)14(2)27-18-8-6-5-7-17(18)25-3/h5-12,14H,4,13H2,1-3H3,(H,21,23)(H,22,24). The molecule has 2 N–H and O–H groups in total. The Hall–Kier alpha value is -3.22. The van der Waals surface area contributed by atoms with Crippen molar-refractivity contribution >= 4 is 11.8 Å². The van der Waals surface area contributed by atoms with Gasteiger partial charge in [-0.15, -0.1) is 0 Å². The van der Waals surface area contributed by atoms with Gasteiger partial charge in [0.05, 0.1) is 7.11 Å². The van der Waals surface area contributed by atoms with E-state index in [1.54, 1.807) is 43.3 Å². The number of rotatable bonds is 8. The van der Waals surface area contributed by atoms with Crippen molar-refractivity contribution in [2.24, 2.45) is 0 Å². The molecule has 0 aliphatic heterocycles. The Morgan fingerprint density at radius 2 is 1.67 bits per heavy atom. The minimum absolute atomic E-state index is 0.215. The van der Waals surface area contributed by atoms with Crippen LogP contribution in [0.25, 0.3) is 0 Å². The first kappa shape index (κ1) is 20.1. The van der Waals surface area contributed by atoms with E-state index < -0.39 is 17.9 Å². The van der Waals surface area contributed by atoms with E-state index in [4.69, 9.17) is 14.2 Å². The van der Waals surface area contributed by atoms with Crippen molar-refractivity contribution in [3.05, 3.63) is 54.1 Å². The molecule has 0 aromatic heterocycles. The molecule has 7 nitrogen and oxygen atoms in total. The molecule has 0 bridgehead atoms. The van der Waals surface area contributed by atoms with Crippen LogP contribution in [0.5, 0.6) is 17.2 Å². The van der Waals surface area contributed by atoms with E-state index in [-0.39, 0.29) is 6.61 Å². The highest BCUT2D eigenvalue weighted by Crippen LogP contribution is 2.26. The molecule has 0 saturated carbocycles. The Morgan fingerprint density at radius 3 is 2.30 bits per heavy atom. The predicted octanol–water partition coefficient (Wildman–Crippen LogP) is 2.25. The second-order valence-electron chi connectivity index (χ2n) is 5.73. The van der Waals surface area contributed by atoms with Crippen LogP contribution in [0.1, 0.15) is 19.4 Å². The summed E-state index contributed by atoms with van der Waals surface area (Å²) in [6, 6.07) is 14.5. The minimum Gasteiger partial charge on any atom is -0.493 e. The van der Waals surface area contributed by atoms with Gasteiger partial charge in [-0.1, -0.05) is 31.2 Å². The molecular weight excluding hydrogens is 348 g/mol. The van der Waals surface area contributed by atoms with Gasteiger partial charge >= 0.3 is 0 Å². The van der Waals surface area contributed by atoms with Crippen molar-refractivity contribution in [1.29, 1.82) is 0 Å². The molecular formula is C20H24N2O5. The summed E-state index contributed by atoms with van der Waals surface area (Å²) in [6.45, 7) is 3.41. The summed E-state index contributed by atoms with van der Waals surface area (Å²) >= 11 is 0. The Balaban J connectivity index is 1.75. The van der Waals surface area contributed by atoms with Crippen LogP contribution >= 0.6 is 0 Å². The Labute approximate surface area is 158 Å². The number of carbonyl (C=O) groups excluding carboxylic acids is 2. The fourth-order valence-corrected chi connectivity index (χ4v) is 2.20. The Kier molecular flexibility index (Phi) is 7.49. The van der Waals surface area contributed by atoms with Crippen LogP contribution in [0, 0.1) is 0 Å². The number of para-hydroxylation sites is 2. The number of hydrogen-bond acceptors (Lipinski definition) is 5. The van der Waals surface area contributed by atoms with Crippen LogP contribution in [0.4, 0.5) is 0 Å². The van der Waals surface area contributed by atoms with Gasteiger partial charge in [0.15, 0.2) is 24.2 Å². The van der Waals surface area contributed by atoms with Crippen molar-refractivity contribution < 1.29 is 23.8 Å². The largest absolute Gasteiger partial charge is 0.493 e. The first-order chi connectivity index (χ1) is 13.0. The number of ether oxygens (including phenoxy) is 3. The number of hydrogen-bond donors (Lipinski definition) is 2. The van der Waals surface area contributed by atoms with Crippen LogP contribution in [0.15, 0.2) is 48.5 Å². The maximum absolute atomic E-state index is 12.1. The van der Waals surface area contributed by atoms with Crippen molar-refractivity contribution in [3.8, 4) is 17.2 Å². The molecule has 1 atom stereocenters. The molecule has 2 rings (SSSR count). The third-order valence-corrected chi connectivity index (χ3v) is 3.77. The van der Waals surface area contributed by atoms with Crippen molar-refractivity contribution in [2.75, 3.05) is 13.7 Å². The number of amides is 2. The highest BCUT2D eigenvalue weighted by Gasteiger charge is 2.17. The number of methoxy groups -OCH3 is 1. The number of hydrazine groups is 1. The average Bonchev–Trinajstić information content (AvgIpc) is 2.71. The molecule has 2 aromatic carbocycles. The molecule has 7 heteroatoms. The molecule has 1 unspecified atom stereocenters. The Morgan fingerprint density at radius 1 is 1.00 bits per heavy atom. The van der Waals surface area contributed by atoms with E-state index in [0.29, 0.717) is 17.2 Å². The summed E-state index contributed by atoms with van der Waals surface area (Å²) in [4.78, 5) is 23.9. The number of benzene rings is 2. The highest BCUT2D eigenvalue weighted by atomic mass is 16.5. The van der Waals surface area contributed by atoms with E-state index in [2.05, 4.69) is 17.8 Å². The molecule has 2 aromatic rings. The topological polar surface area (TPSA) is 85.9 Å². The molecule has 0 aliphatic rings. The summed E-state index contributed by atoms with van der Waals surface area (Å²) in [5, 5.41) is 0. The van der Waals surface area contributed by atoms with Crippen LogP contribution < -0.4 is 25.1 Å². The maximum Gasteiger partial charge on any atom is 0.279 e. The minimum atomic E-state index is -0.830. The first-order valence-electron chi connectivity index (χ1n) is 8.63. The van der Waals surface area contributed by atoms with E-state index >= 15 is 0 Å². The predicted molar refractivity (Wildman–Crippen MR) is 101 cm³/mol. The lowest BCUT2D eigenvalue weighted by Gasteiger charge is -2.17. The summed E-state index contributed by atoms with van der Waals surface area (Å²) in [7, 11) is 1.52. The van der Waals surface area contributed by atoms with E-state index in [1.165, 1.54) is 12.7 Å². The first-order valence-corrected chi connectivity index (χ1v) is 8.63. The zero-order valence-corrected chi connectivity index (χ0v) is 15.7. The molecule has 144 valence electrons. The van der Waals surface area contributed by atoms with Gasteiger partial charge in [-0.3, -0.25) is 20.4 Å². The second kappa shape index (κ2) is 10.1. The van der Waals surface area contributed by atoms with Crippen molar-refractivity contribution in [2.45, 2.75) is 26.4 Å². The SMILES string of the molecule is CCc1ccc(OCC(=O)NNC(=O)C(C)Oc2ccccc2OC)cc1. The fraction of sp³-hybridized carbons (Fsp3) is 0.300. The normalized spacial score (nSPS) is 11.2. The summed E-state index contributed by atoms with van der Waals surface area (Å²) in [6.07, 6.45) is 0.103. The maximum atomic E-state index is 12.1. The lowest BCUT2D eigenvalue weighted by Crippen LogP contribution is -2.48. The fourth-order valence-electron chi connectivity index (χ4n) is 2.20. The van der Waals surface area contributed by atoms with Crippen molar-refractivity contribution in [1.82, 2.24) is 10.9 Å². The molecule has 0 radical (unpaired) electrons. The van der Waals surface area contributed by atoms with Gasteiger partial charge in [-0.25, -0.2) is 0 Å². The van der Waals surface area contributed by atoms with E-state index in [0.717, 1.165) is 6.42 Å². The van der Waals surface area contributed by atoms with Gasteiger partial charge in [0, 0.05) is 0 Å². The smallest absolute Gasteiger partial charge is 0.279 e. The van der Waals surface area contributed by atoms with Gasteiger partial charge in [-0.2, -0.15) is 0 Å². The van der Waals surface area contributed by atoms with E-state index in [9.17, 15) is 9.59 Å². The number of nitrogens with one attached hydrogen (secondary N) is 2.